The number of benzene rings is 2. The van der Waals surface area contributed by atoms with Crippen molar-refractivity contribution in [3.63, 3.8) is 0 Å². The van der Waals surface area contributed by atoms with E-state index in [1.807, 2.05) is 50.2 Å². The highest BCUT2D eigenvalue weighted by atomic mass is 32.1. The molecule has 9 heteroatoms. The maximum Gasteiger partial charge on any atom is 0.276 e. The fraction of sp³-hybridized carbons (Fsp3) is 0.136. The largest absolute Gasteiger partial charge is 0.321 e. The van der Waals surface area contributed by atoms with Crippen LogP contribution in [0.1, 0.15) is 21.6 Å². The van der Waals surface area contributed by atoms with E-state index >= 15 is 0 Å². The van der Waals surface area contributed by atoms with Gasteiger partial charge in [-0.1, -0.05) is 29.5 Å². The molecule has 2 amide bonds. The number of anilines is 2. The molecule has 0 aliphatic heterocycles. The average molecular weight is 433 g/mol. The molecule has 2 aromatic carbocycles. The van der Waals surface area contributed by atoms with Gasteiger partial charge in [0.2, 0.25) is 5.91 Å². The lowest BCUT2D eigenvalue weighted by molar-refractivity contribution is -0.117. The zero-order valence-electron chi connectivity index (χ0n) is 16.9. The molecule has 0 saturated carbocycles. The highest BCUT2D eigenvalue weighted by Crippen LogP contribution is 2.25. The van der Waals surface area contributed by atoms with E-state index in [1.165, 1.54) is 23.5 Å². The summed E-state index contributed by atoms with van der Waals surface area (Å²) < 4.78 is 1.90. The first kappa shape index (κ1) is 20.4. The zero-order valence-corrected chi connectivity index (χ0v) is 17.7. The lowest BCUT2D eigenvalue weighted by Gasteiger charge is -2.09. The Bertz CT molecular complexity index is 1330. The van der Waals surface area contributed by atoms with Crippen LogP contribution in [-0.2, 0) is 11.3 Å². The van der Waals surface area contributed by atoms with E-state index in [-0.39, 0.29) is 12.2 Å². The molecule has 2 N–H and O–H groups in total. The molecular formula is C22H19N5O3S. The van der Waals surface area contributed by atoms with Gasteiger partial charge in [0.15, 0.2) is 5.13 Å². The molecule has 0 bridgehead atoms. The third-order valence-corrected chi connectivity index (χ3v) is 5.65. The van der Waals surface area contributed by atoms with E-state index in [0.717, 1.165) is 26.0 Å². The van der Waals surface area contributed by atoms with E-state index in [0.29, 0.717) is 10.8 Å². The number of fused-ring (bicyclic) bond motifs is 1. The summed E-state index contributed by atoms with van der Waals surface area (Å²) in [6, 6.07) is 15.6. The quantitative estimate of drug-likeness (QED) is 0.502. The third kappa shape index (κ3) is 4.67. The average Bonchev–Trinajstić information content (AvgIpc) is 3.14. The van der Waals surface area contributed by atoms with Gasteiger partial charge in [-0.05, 0) is 55.3 Å². The van der Waals surface area contributed by atoms with Crippen molar-refractivity contribution in [2.75, 3.05) is 10.6 Å². The number of nitrogens with one attached hydrogen (secondary N) is 2. The summed E-state index contributed by atoms with van der Waals surface area (Å²) in [5.41, 5.74) is 3.11. The monoisotopic (exact) mass is 433 g/mol. The third-order valence-electron chi connectivity index (χ3n) is 4.70. The number of nitrogens with zero attached hydrogens (tertiary/aromatic N) is 3. The number of hydrogen-bond acceptors (Lipinski definition) is 6. The van der Waals surface area contributed by atoms with E-state index in [1.54, 1.807) is 6.07 Å². The second-order valence-electron chi connectivity index (χ2n) is 7.00. The first-order chi connectivity index (χ1) is 14.9. The second-order valence-corrected chi connectivity index (χ2v) is 8.03. The molecule has 156 valence electrons. The van der Waals surface area contributed by atoms with Gasteiger partial charge >= 0.3 is 0 Å². The van der Waals surface area contributed by atoms with Crippen LogP contribution in [-0.4, -0.2) is 26.6 Å². The Morgan fingerprint density at radius 1 is 1.00 bits per heavy atom. The number of rotatable bonds is 5. The lowest BCUT2D eigenvalue weighted by atomic mass is 10.1. The van der Waals surface area contributed by atoms with Crippen LogP contribution < -0.4 is 16.2 Å². The first-order valence-corrected chi connectivity index (χ1v) is 10.3. The molecule has 0 spiro atoms. The smallest absolute Gasteiger partial charge is 0.276 e. The standard InChI is InChI=1S/C22H19N5O3S/c1-13-7-8-15(11-14(13)2)23-21(30)17-9-10-20(29)27(26-17)12-19(28)25-22-24-16-5-3-4-6-18(16)31-22/h3-11H,12H2,1-2H3,(H,23,30)(H,24,25,28). The molecule has 4 aromatic rings. The highest BCUT2D eigenvalue weighted by molar-refractivity contribution is 7.22. The minimum atomic E-state index is -0.484. The summed E-state index contributed by atoms with van der Waals surface area (Å²) in [4.78, 5) is 41.4. The van der Waals surface area contributed by atoms with Gasteiger partial charge in [-0.2, -0.15) is 5.10 Å². The summed E-state index contributed by atoms with van der Waals surface area (Å²) in [6.45, 7) is 3.60. The van der Waals surface area contributed by atoms with Crippen molar-refractivity contribution >= 4 is 44.2 Å². The Balaban J connectivity index is 1.47. The number of amides is 2. The molecule has 0 radical (unpaired) electrons. The van der Waals surface area contributed by atoms with Crippen molar-refractivity contribution < 1.29 is 9.59 Å². The predicted molar refractivity (Wildman–Crippen MR) is 121 cm³/mol. The van der Waals surface area contributed by atoms with Crippen LogP contribution in [0.5, 0.6) is 0 Å². The summed E-state index contributed by atoms with van der Waals surface area (Å²) in [5, 5.41) is 9.91. The molecular weight excluding hydrogens is 414 g/mol. The van der Waals surface area contributed by atoms with E-state index < -0.39 is 17.4 Å². The number of aryl methyl sites for hydroxylation is 2. The second kappa shape index (κ2) is 8.49. The van der Waals surface area contributed by atoms with Gasteiger partial charge in [0, 0.05) is 11.8 Å². The molecule has 0 atom stereocenters. The van der Waals surface area contributed by atoms with Gasteiger partial charge in [0.05, 0.1) is 10.2 Å². The molecule has 31 heavy (non-hydrogen) atoms. The maximum absolute atomic E-state index is 12.6. The molecule has 2 aromatic heterocycles. The topological polar surface area (TPSA) is 106 Å². The van der Waals surface area contributed by atoms with E-state index in [4.69, 9.17) is 0 Å². The van der Waals surface area contributed by atoms with Gasteiger partial charge in [0.1, 0.15) is 12.2 Å². The van der Waals surface area contributed by atoms with Gasteiger partial charge in [-0.15, -0.1) is 0 Å². The van der Waals surface area contributed by atoms with Crippen LogP contribution in [0.4, 0.5) is 10.8 Å². The Morgan fingerprint density at radius 3 is 2.58 bits per heavy atom. The molecule has 0 aliphatic rings. The minimum Gasteiger partial charge on any atom is -0.321 e. The van der Waals surface area contributed by atoms with Crippen molar-refractivity contribution in [1.29, 1.82) is 0 Å². The van der Waals surface area contributed by atoms with Crippen molar-refractivity contribution in [2.24, 2.45) is 0 Å². The Labute approximate surface area is 181 Å². The van der Waals surface area contributed by atoms with Crippen LogP contribution in [0, 0.1) is 13.8 Å². The van der Waals surface area contributed by atoms with Crippen LogP contribution in [0.2, 0.25) is 0 Å². The van der Waals surface area contributed by atoms with Crippen molar-refractivity contribution in [3.05, 3.63) is 81.8 Å². The first-order valence-electron chi connectivity index (χ1n) is 9.51. The number of aromatic nitrogens is 3. The number of carbonyl (C=O) groups is 2. The predicted octanol–water partition coefficient (Wildman–Crippen LogP) is 3.36. The van der Waals surface area contributed by atoms with E-state index in [9.17, 15) is 14.4 Å². The van der Waals surface area contributed by atoms with Crippen LogP contribution in [0.25, 0.3) is 10.2 Å². The molecule has 0 saturated heterocycles. The number of para-hydroxylation sites is 1. The van der Waals surface area contributed by atoms with E-state index in [2.05, 4.69) is 20.7 Å². The number of thiazole rings is 1. The van der Waals surface area contributed by atoms with Crippen molar-refractivity contribution in [2.45, 2.75) is 20.4 Å². The number of hydrogen-bond donors (Lipinski definition) is 2. The minimum absolute atomic E-state index is 0.0330. The summed E-state index contributed by atoms with van der Waals surface area (Å²) in [6.07, 6.45) is 0. The summed E-state index contributed by atoms with van der Waals surface area (Å²) in [5.74, 6) is -0.927. The fourth-order valence-electron chi connectivity index (χ4n) is 2.92. The fourth-order valence-corrected chi connectivity index (χ4v) is 3.80. The maximum atomic E-state index is 12.6. The SMILES string of the molecule is Cc1ccc(NC(=O)c2ccc(=O)n(CC(=O)Nc3nc4ccccc4s3)n2)cc1C. The van der Waals surface area contributed by atoms with Crippen molar-refractivity contribution in [1.82, 2.24) is 14.8 Å². The Morgan fingerprint density at radius 2 is 1.81 bits per heavy atom. The normalized spacial score (nSPS) is 10.8. The molecule has 4 rings (SSSR count). The summed E-state index contributed by atoms with van der Waals surface area (Å²) in [7, 11) is 0. The number of carbonyl (C=O) groups excluding carboxylic acids is 2. The van der Waals surface area contributed by atoms with Gasteiger partial charge in [-0.25, -0.2) is 9.67 Å². The van der Waals surface area contributed by atoms with Crippen LogP contribution in [0.3, 0.4) is 0 Å². The van der Waals surface area contributed by atoms with Crippen molar-refractivity contribution in [3.8, 4) is 0 Å². The zero-order chi connectivity index (χ0) is 22.0. The summed E-state index contributed by atoms with van der Waals surface area (Å²) >= 11 is 1.34. The molecule has 0 unspecified atom stereocenters. The Hall–Kier alpha value is -3.85. The molecule has 0 fully saturated rings. The molecule has 0 aliphatic carbocycles. The van der Waals surface area contributed by atoms with Gasteiger partial charge in [-0.3, -0.25) is 14.4 Å². The van der Waals surface area contributed by atoms with Gasteiger partial charge < -0.3 is 10.6 Å². The van der Waals surface area contributed by atoms with Gasteiger partial charge in [0.25, 0.3) is 11.5 Å². The Kier molecular flexibility index (Phi) is 5.59. The molecule has 2 heterocycles. The highest BCUT2D eigenvalue weighted by Gasteiger charge is 2.14. The van der Waals surface area contributed by atoms with Crippen LogP contribution in [0.15, 0.2) is 59.4 Å². The molecule has 8 nitrogen and oxygen atoms in total. The van der Waals surface area contributed by atoms with Crippen LogP contribution >= 0.6 is 11.3 Å². The lowest BCUT2D eigenvalue weighted by Crippen LogP contribution is -2.31.